The molecule has 162 valence electrons. The summed E-state index contributed by atoms with van der Waals surface area (Å²) in [6.45, 7) is 6.58. The Morgan fingerprint density at radius 1 is 1.13 bits per heavy atom. The molecule has 1 unspecified atom stereocenters. The van der Waals surface area contributed by atoms with Crippen molar-refractivity contribution in [3.63, 3.8) is 0 Å². The second-order valence-corrected chi connectivity index (χ2v) is 7.71. The maximum Gasteiger partial charge on any atom is 0.317 e. The fraction of sp³-hybridized carbons (Fsp3) is 0.458. The molecule has 6 heteroatoms. The average molecular weight is 412 g/mol. The molecule has 1 aliphatic heterocycles. The molecule has 1 fully saturated rings. The molecule has 2 aromatic rings. The van der Waals surface area contributed by atoms with E-state index in [1.54, 1.807) is 4.90 Å². The van der Waals surface area contributed by atoms with Crippen molar-refractivity contribution in [2.24, 2.45) is 0 Å². The number of rotatable bonds is 9. The summed E-state index contributed by atoms with van der Waals surface area (Å²) in [5.74, 6) is 0. The first-order valence-corrected chi connectivity index (χ1v) is 10.7. The molecule has 30 heavy (non-hydrogen) atoms. The van der Waals surface area contributed by atoms with Gasteiger partial charge in [0.15, 0.2) is 0 Å². The summed E-state index contributed by atoms with van der Waals surface area (Å²) in [6, 6.07) is 18.5. The predicted octanol–water partition coefficient (Wildman–Crippen LogP) is 2.61. The maximum absolute atomic E-state index is 12.9. The molecular weight excluding hydrogens is 378 g/mol. The smallest absolute Gasteiger partial charge is 0.317 e. The van der Waals surface area contributed by atoms with Crippen molar-refractivity contribution in [1.82, 2.24) is 15.1 Å². The Morgan fingerprint density at radius 3 is 2.60 bits per heavy atom. The van der Waals surface area contributed by atoms with Crippen LogP contribution >= 0.6 is 0 Å². The van der Waals surface area contributed by atoms with Crippen LogP contribution in [0.3, 0.4) is 0 Å². The molecule has 1 saturated heterocycles. The number of urea groups is 1. The first-order valence-electron chi connectivity index (χ1n) is 10.7. The number of amides is 2. The van der Waals surface area contributed by atoms with E-state index in [0.717, 1.165) is 19.5 Å². The quantitative estimate of drug-likeness (QED) is 0.666. The fourth-order valence-electron chi connectivity index (χ4n) is 3.86. The summed E-state index contributed by atoms with van der Waals surface area (Å²) in [5.41, 5.74) is 3.59. The zero-order valence-electron chi connectivity index (χ0n) is 17.8. The molecule has 2 aromatic carbocycles. The second kappa shape index (κ2) is 11.7. The van der Waals surface area contributed by atoms with Gasteiger partial charge in [0.1, 0.15) is 0 Å². The normalized spacial score (nSPS) is 15.5. The molecule has 1 heterocycles. The van der Waals surface area contributed by atoms with Crippen LogP contribution in [0.15, 0.2) is 54.6 Å². The van der Waals surface area contributed by atoms with Crippen LogP contribution in [0.1, 0.15) is 22.7 Å². The monoisotopic (exact) mass is 411 g/mol. The summed E-state index contributed by atoms with van der Waals surface area (Å²) < 4.78 is 5.51. The highest BCUT2D eigenvalue weighted by Gasteiger charge is 2.24. The predicted molar refractivity (Wildman–Crippen MR) is 119 cm³/mol. The summed E-state index contributed by atoms with van der Waals surface area (Å²) in [4.78, 5) is 17.0. The number of hydrogen-bond donors (Lipinski definition) is 2. The summed E-state index contributed by atoms with van der Waals surface area (Å²) in [7, 11) is 0. The third-order valence-corrected chi connectivity index (χ3v) is 5.53. The van der Waals surface area contributed by atoms with Crippen LogP contribution < -0.4 is 5.32 Å². The average Bonchev–Trinajstić information content (AvgIpc) is 2.78. The number of benzene rings is 2. The molecule has 0 radical (unpaired) electrons. The van der Waals surface area contributed by atoms with E-state index in [2.05, 4.69) is 53.5 Å². The number of hydrogen-bond acceptors (Lipinski definition) is 4. The Balaban J connectivity index is 1.63. The highest BCUT2D eigenvalue weighted by molar-refractivity contribution is 5.74. The first kappa shape index (κ1) is 22.3. The van der Waals surface area contributed by atoms with Gasteiger partial charge in [-0.1, -0.05) is 60.2 Å². The third kappa shape index (κ3) is 6.55. The van der Waals surface area contributed by atoms with Gasteiger partial charge in [-0.05, 0) is 24.5 Å². The van der Waals surface area contributed by atoms with Gasteiger partial charge in [0.05, 0.1) is 25.9 Å². The van der Waals surface area contributed by atoms with E-state index in [0.29, 0.717) is 32.8 Å². The largest absolute Gasteiger partial charge is 0.395 e. The molecule has 0 aromatic heterocycles. The zero-order valence-corrected chi connectivity index (χ0v) is 17.8. The van der Waals surface area contributed by atoms with Gasteiger partial charge < -0.3 is 20.1 Å². The zero-order chi connectivity index (χ0) is 21.2. The van der Waals surface area contributed by atoms with E-state index >= 15 is 0 Å². The number of carbonyl (C=O) groups excluding carboxylic acids is 1. The molecular formula is C24H33N3O3. The van der Waals surface area contributed by atoms with Crippen LogP contribution in [0.2, 0.25) is 0 Å². The van der Waals surface area contributed by atoms with Gasteiger partial charge in [0, 0.05) is 32.7 Å². The first-order chi connectivity index (χ1) is 14.7. The topological polar surface area (TPSA) is 65.0 Å². The van der Waals surface area contributed by atoms with Gasteiger partial charge in [-0.15, -0.1) is 0 Å². The van der Waals surface area contributed by atoms with Crippen molar-refractivity contribution < 1.29 is 14.6 Å². The minimum Gasteiger partial charge on any atom is -0.395 e. The van der Waals surface area contributed by atoms with Crippen molar-refractivity contribution in [3.05, 3.63) is 71.3 Å². The van der Waals surface area contributed by atoms with Crippen LogP contribution in [0.25, 0.3) is 0 Å². The highest BCUT2D eigenvalue weighted by atomic mass is 16.5. The number of nitrogens with one attached hydrogen (secondary N) is 1. The Hall–Kier alpha value is -2.41. The van der Waals surface area contributed by atoms with Gasteiger partial charge in [-0.3, -0.25) is 4.90 Å². The number of ether oxygens (including phenoxy) is 1. The number of nitrogens with zero attached hydrogens (tertiary/aromatic N) is 2. The molecule has 2 amide bonds. The number of carbonyl (C=O) groups is 1. The van der Waals surface area contributed by atoms with Gasteiger partial charge in [0.2, 0.25) is 0 Å². The molecule has 0 aliphatic carbocycles. The van der Waals surface area contributed by atoms with Crippen molar-refractivity contribution >= 4 is 6.03 Å². The van der Waals surface area contributed by atoms with E-state index in [1.165, 1.54) is 16.7 Å². The lowest BCUT2D eigenvalue weighted by Crippen LogP contribution is -2.47. The molecule has 0 spiro atoms. The summed E-state index contributed by atoms with van der Waals surface area (Å²) >= 11 is 0. The van der Waals surface area contributed by atoms with Crippen molar-refractivity contribution in [2.75, 3.05) is 52.5 Å². The van der Waals surface area contributed by atoms with E-state index in [1.807, 2.05) is 18.2 Å². The Labute approximate surface area is 179 Å². The molecule has 2 N–H and O–H groups in total. The second-order valence-electron chi connectivity index (χ2n) is 7.71. The molecule has 3 rings (SSSR count). The van der Waals surface area contributed by atoms with Crippen LogP contribution in [0.5, 0.6) is 0 Å². The fourth-order valence-corrected chi connectivity index (χ4v) is 3.86. The SMILES string of the molecule is Cc1cccc(C(CNC(=O)N(CCO)CCc2ccccc2)N2CCOCC2)c1. The van der Waals surface area contributed by atoms with E-state index in [-0.39, 0.29) is 18.7 Å². The maximum atomic E-state index is 12.9. The van der Waals surface area contributed by atoms with Crippen molar-refractivity contribution in [1.29, 1.82) is 0 Å². The molecule has 6 nitrogen and oxygen atoms in total. The Bertz CT molecular complexity index is 778. The van der Waals surface area contributed by atoms with E-state index < -0.39 is 0 Å². The molecule has 0 saturated carbocycles. The standard InChI is InChI=1S/C24H33N3O3/c1-20-6-5-9-22(18-20)23(26-13-16-30-17-14-26)19-25-24(29)27(12-15-28)11-10-21-7-3-2-4-8-21/h2-9,18,23,28H,10-17,19H2,1H3,(H,25,29). The lowest BCUT2D eigenvalue weighted by molar-refractivity contribution is 0.0164. The van der Waals surface area contributed by atoms with Crippen LogP contribution in [-0.2, 0) is 11.2 Å². The minimum atomic E-state index is -0.133. The molecule has 1 aliphatic rings. The highest BCUT2D eigenvalue weighted by Crippen LogP contribution is 2.22. The lowest BCUT2D eigenvalue weighted by atomic mass is 10.0. The van der Waals surface area contributed by atoms with Gasteiger partial charge in [0.25, 0.3) is 0 Å². The van der Waals surface area contributed by atoms with Crippen molar-refractivity contribution in [3.8, 4) is 0 Å². The third-order valence-electron chi connectivity index (χ3n) is 5.53. The molecule has 0 bridgehead atoms. The summed E-state index contributed by atoms with van der Waals surface area (Å²) in [6.07, 6.45) is 0.763. The van der Waals surface area contributed by atoms with Crippen molar-refractivity contribution in [2.45, 2.75) is 19.4 Å². The Morgan fingerprint density at radius 2 is 1.90 bits per heavy atom. The number of aliphatic hydroxyl groups is 1. The Kier molecular flexibility index (Phi) is 8.68. The van der Waals surface area contributed by atoms with Gasteiger partial charge in [-0.2, -0.15) is 0 Å². The van der Waals surface area contributed by atoms with Crippen LogP contribution in [0, 0.1) is 6.92 Å². The molecule has 1 atom stereocenters. The van der Waals surface area contributed by atoms with Crippen LogP contribution in [0.4, 0.5) is 4.79 Å². The number of morpholine rings is 1. The van der Waals surface area contributed by atoms with Gasteiger partial charge >= 0.3 is 6.03 Å². The lowest BCUT2D eigenvalue weighted by Gasteiger charge is -2.35. The number of aryl methyl sites for hydroxylation is 1. The summed E-state index contributed by atoms with van der Waals surface area (Å²) in [5, 5.41) is 12.5. The van der Waals surface area contributed by atoms with Gasteiger partial charge in [-0.25, -0.2) is 4.79 Å². The van der Waals surface area contributed by atoms with E-state index in [4.69, 9.17) is 4.74 Å². The van der Waals surface area contributed by atoms with Crippen LogP contribution in [-0.4, -0.2) is 73.5 Å². The number of aliphatic hydroxyl groups excluding tert-OH is 1. The minimum absolute atomic E-state index is 0.0486. The van der Waals surface area contributed by atoms with E-state index in [9.17, 15) is 9.90 Å².